The lowest BCUT2D eigenvalue weighted by atomic mass is 10.0. The van der Waals surface area contributed by atoms with E-state index in [1.54, 1.807) is 6.07 Å². The van der Waals surface area contributed by atoms with Crippen LogP contribution in [0.5, 0.6) is 5.75 Å². The minimum Gasteiger partial charge on any atom is -0.473 e. The van der Waals surface area contributed by atoms with Crippen molar-refractivity contribution in [2.75, 3.05) is 11.6 Å². The van der Waals surface area contributed by atoms with Crippen LogP contribution in [0.4, 0.5) is 11.4 Å². The number of anilines is 1. The van der Waals surface area contributed by atoms with Gasteiger partial charge in [0.15, 0.2) is 6.73 Å². The zero-order valence-corrected chi connectivity index (χ0v) is 14.2. The van der Waals surface area contributed by atoms with Crippen LogP contribution < -0.4 is 9.64 Å². The molecule has 24 heavy (non-hydrogen) atoms. The van der Waals surface area contributed by atoms with E-state index >= 15 is 0 Å². The molecule has 0 spiro atoms. The molecule has 3 aromatic rings. The number of hydrogen-bond acceptors (Lipinski definition) is 4. The van der Waals surface area contributed by atoms with Crippen LogP contribution in [0, 0.1) is 10.1 Å². The molecule has 5 nitrogen and oxygen atoms in total. The van der Waals surface area contributed by atoms with Gasteiger partial charge in [0.2, 0.25) is 0 Å². The number of non-ortho nitro benzene ring substituents is 1. The van der Waals surface area contributed by atoms with E-state index in [9.17, 15) is 10.1 Å². The lowest BCUT2D eigenvalue weighted by Crippen LogP contribution is -2.32. The van der Waals surface area contributed by atoms with Crippen molar-refractivity contribution in [1.82, 2.24) is 0 Å². The number of rotatable bonds is 2. The van der Waals surface area contributed by atoms with Gasteiger partial charge in [-0.25, -0.2) is 0 Å². The number of nitro groups is 1. The highest BCUT2D eigenvalue weighted by Crippen LogP contribution is 2.37. The van der Waals surface area contributed by atoms with Crippen LogP contribution in [0.3, 0.4) is 0 Å². The number of nitrogens with zero attached hydrogens (tertiary/aromatic N) is 2. The van der Waals surface area contributed by atoms with Gasteiger partial charge < -0.3 is 9.64 Å². The number of halogens is 1. The van der Waals surface area contributed by atoms with Crippen LogP contribution in [-0.2, 0) is 6.54 Å². The van der Waals surface area contributed by atoms with Gasteiger partial charge >= 0.3 is 0 Å². The first-order valence-corrected chi connectivity index (χ1v) is 8.25. The summed E-state index contributed by atoms with van der Waals surface area (Å²) in [5.74, 6) is 0.892. The average Bonchev–Trinajstić information content (AvgIpc) is 2.61. The van der Waals surface area contributed by atoms with Crippen LogP contribution in [0.1, 0.15) is 5.56 Å². The third-order valence-corrected chi connectivity index (χ3v) is 4.84. The Bertz CT molecular complexity index is 958. The molecule has 0 aromatic heterocycles. The van der Waals surface area contributed by atoms with Crippen LogP contribution in [0.25, 0.3) is 10.8 Å². The molecule has 120 valence electrons. The van der Waals surface area contributed by atoms with E-state index < -0.39 is 4.92 Å². The predicted octanol–water partition coefficient (Wildman–Crippen LogP) is 4.87. The van der Waals surface area contributed by atoms with Crippen molar-refractivity contribution in [3.05, 3.63) is 74.7 Å². The summed E-state index contributed by atoms with van der Waals surface area (Å²) in [7, 11) is 0. The summed E-state index contributed by atoms with van der Waals surface area (Å²) in [4.78, 5) is 12.6. The maximum atomic E-state index is 10.9. The van der Waals surface area contributed by atoms with E-state index in [1.807, 2.05) is 18.2 Å². The summed E-state index contributed by atoms with van der Waals surface area (Å²) in [6.07, 6.45) is 0. The topological polar surface area (TPSA) is 55.6 Å². The Morgan fingerprint density at radius 2 is 1.96 bits per heavy atom. The van der Waals surface area contributed by atoms with E-state index in [-0.39, 0.29) is 5.69 Å². The standard InChI is InChI=1S/C18H13BrN2O3/c19-16-9-13(21(22)23)6-7-17(16)20-10-15-14-4-2-1-3-12(14)5-8-18(15)24-11-20/h1-9H,10-11H2. The first-order chi connectivity index (χ1) is 11.6. The fraction of sp³-hybridized carbons (Fsp3) is 0.111. The van der Waals surface area contributed by atoms with Crippen LogP contribution in [0.15, 0.2) is 59.1 Å². The molecule has 0 aliphatic carbocycles. The summed E-state index contributed by atoms with van der Waals surface area (Å²) >= 11 is 3.44. The molecule has 0 saturated heterocycles. The normalized spacial score (nSPS) is 13.5. The first-order valence-electron chi connectivity index (χ1n) is 7.46. The molecular formula is C18H13BrN2O3. The molecule has 4 rings (SSSR count). The summed E-state index contributed by atoms with van der Waals surface area (Å²) in [6, 6.07) is 17.1. The Labute approximate surface area is 146 Å². The third kappa shape index (κ3) is 2.49. The Morgan fingerprint density at radius 1 is 1.12 bits per heavy atom. The van der Waals surface area contributed by atoms with Crippen molar-refractivity contribution in [1.29, 1.82) is 0 Å². The molecule has 1 aliphatic rings. The van der Waals surface area contributed by atoms with Gasteiger partial charge in [-0.2, -0.15) is 0 Å². The molecule has 0 bridgehead atoms. The van der Waals surface area contributed by atoms with Gasteiger partial charge in [0, 0.05) is 22.2 Å². The quantitative estimate of drug-likeness (QED) is 0.467. The number of ether oxygens (including phenoxy) is 1. The SMILES string of the molecule is O=[N+]([O-])c1ccc(N2COc3ccc4ccccc4c3C2)c(Br)c1. The summed E-state index contributed by atoms with van der Waals surface area (Å²) < 4.78 is 6.59. The first kappa shape index (κ1) is 15.0. The molecule has 0 saturated carbocycles. The molecule has 0 N–H and O–H groups in total. The van der Waals surface area contributed by atoms with Gasteiger partial charge in [0.05, 0.1) is 17.2 Å². The number of benzene rings is 3. The summed E-state index contributed by atoms with van der Waals surface area (Å²) in [6.45, 7) is 1.09. The summed E-state index contributed by atoms with van der Waals surface area (Å²) in [5.41, 5.74) is 2.07. The van der Waals surface area contributed by atoms with Gasteiger partial charge in [-0.3, -0.25) is 10.1 Å². The molecule has 0 fully saturated rings. The lowest BCUT2D eigenvalue weighted by molar-refractivity contribution is -0.384. The Hall–Kier alpha value is -2.60. The van der Waals surface area contributed by atoms with E-state index in [0.717, 1.165) is 22.4 Å². The van der Waals surface area contributed by atoms with E-state index in [4.69, 9.17) is 4.74 Å². The minimum atomic E-state index is -0.399. The molecule has 1 heterocycles. The molecule has 6 heteroatoms. The highest BCUT2D eigenvalue weighted by atomic mass is 79.9. The van der Waals surface area contributed by atoms with Gasteiger partial charge in [0.25, 0.3) is 5.69 Å². The monoisotopic (exact) mass is 384 g/mol. The molecular weight excluding hydrogens is 372 g/mol. The molecule has 0 amide bonds. The van der Waals surface area contributed by atoms with Crippen LogP contribution in [-0.4, -0.2) is 11.7 Å². The molecule has 1 aliphatic heterocycles. The third-order valence-electron chi connectivity index (χ3n) is 4.21. The fourth-order valence-corrected chi connectivity index (χ4v) is 3.64. The molecule has 0 atom stereocenters. The summed E-state index contributed by atoms with van der Waals surface area (Å²) in [5, 5.41) is 13.2. The Balaban J connectivity index is 1.74. The average molecular weight is 385 g/mol. The van der Waals surface area contributed by atoms with Crippen molar-refractivity contribution in [2.45, 2.75) is 6.54 Å². The number of hydrogen-bond donors (Lipinski definition) is 0. The van der Waals surface area contributed by atoms with Crippen molar-refractivity contribution in [2.24, 2.45) is 0 Å². The van der Waals surface area contributed by atoms with Crippen molar-refractivity contribution < 1.29 is 9.66 Å². The van der Waals surface area contributed by atoms with Crippen molar-refractivity contribution >= 4 is 38.1 Å². The molecule has 0 unspecified atom stereocenters. The van der Waals surface area contributed by atoms with E-state index in [0.29, 0.717) is 17.7 Å². The zero-order chi connectivity index (χ0) is 16.7. The van der Waals surface area contributed by atoms with E-state index in [2.05, 4.69) is 39.0 Å². The van der Waals surface area contributed by atoms with Crippen LogP contribution in [0.2, 0.25) is 0 Å². The predicted molar refractivity (Wildman–Crippen MR) is 96.4 cm³/mol. The second kappa shape index (κ2) is 5.79. The van der Waals surface area contributed by atoms with Crippen LogP contribution >= 0.6 is 15.9 Å². The van der Waals surface area contributed by atoms with Gasteiger partial charge in [-0.1, -0.05) is 30.3 Å². The molecule has 3 aromatic carbocycles. The van der Waals surface area contributed by atoms with Crippen molar-refractivity contribution in [3.8, 4) is 5.75 Å². The second-order valence-electron chi connectivity index (χ2n) is 5.63. The Morgan fingerprint density at radius 3 is 2.75 bits per heavy atom. The number of nitro benzene ring substituents is 1. The van der Waals surface area contributed by atoms with Gasteiger partial charge in [-0.05, 0) is 38.8 Å². The zero-order valence-electron chi connectivity index (χ0n) is 12.6. The second-order valence-corrected chi connectivity index (χ2v) is 6.48. The fourth-order valence-electron chi connectivity index (χ4n) is 3.02. The van der Waals surface area contributed by atoms with Gasteiger partial charge in [-0.15, -0.1) is 0 Å². The molecule has 0 radical (unpaired) electrons. The highest BCUT2D eigenvalue weighted by Gasteiger charge is 2.22. The minimum absolute atomic E-state index is 0.0643. The maximum absolute atomic E-state index is 10.9. The van der Waals surface area contributed by atoms with Crippen molar-refractivity contribution in [3.63, 3.8) is 0 Å². The van der Waals surface area contributed by atoms with Gasteiger partial charge in [0.1, 0.15) is 5.75 Å². The Kier molecular flexibility index (Phi) is 3.61. The highest BCUT2D eigenvalue weighted by molar-refractivity contribution is 9.10. The largest absolute Gasteiger partial charge is 0.473 e. The van der Waals surface area contributed by atoms with E-state index in [1.165, 1.54) is 17.5 Å². The lowest BCUT2D eigenvalue weighted by Gasteiger charge is -2.32. The number of fused-ring (bicyclic) bond motifs is 3. The smallest absolute Gasteiger partial charge is 0.270 e. The maximum Gasteiger partial charge on any atom is 0.270 e.